The van der Waals surface area contributed by atoms with Crippen molar-refractivity contribution in [3.63, 3.8) is 0 Å². The molecule has 5 heteroatoms. The van der Waals surface area contributed by atoms with Gasteiger partial charge in [-0.2, -0.15) is 0 Å². The van der Waals surface area contributed by atoms with Crippen LogP contribution in [0.3, 0.4) is 0 Å². The fourth-order valence-corrected chi connectivity index (χ4v) is 2.44. The number of rotatable bonds is 7. The number of hydrogen-bond acceptors (Lipinski definition) is 4. The van der Waals surface area contributed by atoms with Crippen LogP contribution in [0.25, 0.3) is 0 Å². The highest BCUT2D eigenvalue weighted by atomic mass is 32.1. The molecule has 1 aliphatic carbocycles. The second kappa shape index (κ2) is 6.30. The fourth-order valence-electron chi connectivity index (χ4n) is 2.32. The van der Waals surface area contributed by atoms with Gasteiger partial charge in [0.05, 0.1) is 12.3 Å². The van der Waals surface area contributed by atoms with Gasteiger partial charge in [-0.05, 0) is 37.8 Å². The molecule has 4 nitrogen and oxygen atoms in total. The smallest absolute Gasteiger partial charge is 0.122 e. The molecule has 0 amide bonds. The van der Waals surface area contributed by atoms with Crippen molar-refractivity contribution in [1.82, 2.24) is 4.98 Å². The van der Waals surface area contributed by atoms with Crippen LogP contribution in [0.15, 0.2) is 18.3 Å². The number of anilines is 1. The van der Waals surface area contributed by atoms with E-state index in [1.807, 2.05) is 12.1 Å². The first-order chi connectivity index (χ1) is 9.13. The Balaban J connectivity index is 2.20. The third-order valence-electron chi connectivity index (χ3n) is 3.66. The zero-order chi connectivity index (χ0) is 13.8. The number of methoxy groups -OCH3 is 1. The standard InChI is InChI=1S/C14H21N3OS/c1-10(11-3-4-11)17(7-8-18-2)12-5-6-16-13(9-12)14(15)19/h5-6,9-11H,3-4,7-8H2,1-2H3,(H2,15,19). The maximum Gasteiger partial charge on any atom is 0.122 e. The Morgan fingerprint density at radius 1 is 1.63 bits per heavy atom. The molecule has 19 heavy (non-hydrogen) atoms. The molecular weight excluding hydrogens is 258 g/mol. The SMILES string of the molecule is COCCN(c1ccnc(C(N)=S)c1)C(C)C1CC1. The second-order valence-electron chi connectivity index (χ2n) is 5.03. The minimum absolute atomic E-state index is 0.340. The van der Waals surface area contributed by atoms with Gasteiger partial charge in [-0.3, -0.25) is 4.98 Å². The Kier molecular flexibility index (Phi) is 4.71. The maximum absolute atomic E-state index is 5.66. The van der Waals surface area contributed by atoms with Crippen LogP contribution in [0.4, 0.5) is 5.69 Å². The molecule has 1 fully saturated rings. The number of pyridine rings is 1. The molecule has 1 saturated carbocycles. The quantitative estimate of drug-likeness (QED) is 0.773. The average molecular weight is 279 g/mol. The van der Waals surface area contributed by atoms with E-state index >= 15 is 0 Å². The Morgan fingerprint density at radius 2 is 2.37 bits per heavy atom. The van der Waals surface area contributed by atoms with E-state index in [0.717, 1.165) is 18.2 Å². The first-order valence-electron chi connectivity index (χ1n) is 6.65. The van der Waals surface area contributed by atoms with Gasteiger partial charge in [0.2, 0.25) is 0 Å². The molecule has 1 heterocycles. The zero-order valence-corrected chi connectivity index (χ0v) is 12.3. The Morgan fingerprint density at radius 3 is 2.95 bits per heavy atom. The van der Waals surface area contributed by atoms with Gasteiger partial charge in [0.15, 0.2) is 0 Å². The predicted octanol–water partition coefficient (Wildman–Crippen LogP) is 1.97. The van der Waals surface area contributed by atoms with Gasteiger partial charge in [0.1, 0.15) is 4.99 Å². The van der Waals surface area contributed by atoms with Crippen molar-refractivity contribution in [2.75, 3.05) is 25.2 Å². The largest absolute Gasteiger partial charge is 0.388 e. The third kappa shape index (κ3) is 3.64. The number of nitrogens with zero attached hydrogens (tertiary/aromatic N) is 2. The Hall–Kier alpha value is -1.20. The van der Waals surface area contributed by atoms with Gasteiger partial charge in [-0.25, -0.2) is 0 Å². The highest BCUT2D eigenvalue weighted by Crippen LogP contribution is 2.36. The van der Waals surface area contributed by atoms with E-state index in [1.54, 1.807) is 13.3 Å². The summed E-state index contributed by atoms with van der Waals surface area (Å²) in [6.07, 6.45) is 4.40. The van der Waals surface area contributed by atoms with E-state index in [2.05, 4.69) is 16.8 Å². The lowest BCUT2D eigenvalue weighted by atomic mass is 10.1. The highest BCUT2D eigenvalue weighted by Gasteiger charge is 2.32. The summed E-state index contributed by atoms with van der Waals surface area (Å²) < 4.78 is 5.21. The van der Waals surface area contributed by atoms with Crippen LogP contribution >= 0.6 is 12.2 Å². The number of hydrogen-bond donors (Lipinski definition) is 1. The first-order valence-corrected chi connectivity index (χ1v) is 7.05. The molecule has 1 unspecified atom stereocenters. The molecule has 2 N–H and O–H groups in total. The second-order valence-corrected chi connectivity index (χ2v) is 5.47. The van der Waals surface area contributed by atoms with Crippen LogP contribution in [-0.2, 0) is 4.74 Å². The summed E-state index contributed by atoms with van der Waals surface area (Å²) in [6.45, 7) is 3.85. The van der Waals surface area contributed by atoms with Crippen LogP contribution in [0, 0.1) is 5.92 Å². The molecule has 0 saturated heterocycles. The van der Waals surface area contributed by atoms with Gasteiger partial charge < -0.3 is 15.4 Å². The summed E-state index contributed by atoms with van der Waals surface area (Å²) in [7, 11) is 1.73. The zero-order valence-electron chi connectivity index (χ0n) is 11.5. The van der Waals surface area contributed by atoms with E-state index in [9.17, 15) is 0 Å². The van der Waals surface area contributed by atoms with E-state index < -0.39 is 0 Å². The number of ether oxygens (including phenoxy) is 1. The van der Waals surface area contributed by atoms with Crippen molar-refractivity contribution in [3.8, 4) is 0 Å². The molecular formula is C14H21N3OS. The summed E-state index contributed by atoms with van der Waals surface area (Å²) in [5.41, 5.74) is 7.46. The van der Waals surface area contributed by atoms with Crippen molar-refractivity contribution in [2.24, 2.45) is 11.7 Å². The molecule has 1 aromatic heterocycles. The third-order valence-corrected chi connectivity index (χ3v) is 3.87. The van der Waals surface area contributed by atoms with Crippen LogP contribution < -0.4 is 10.6 Å². The normalized spacial score (nSPS) is 16.1. The molecule has 1 aromatic rings. The summed E-state index contributed by atoms with van der Waals surface area (Å²) in [5.74, 6) is 0.790. The minimum atomic E-state index is 0.340. The topological polar surface area (TPSA) is 51.4 Å². The lowest BCUT2D eigenvalue weighted by molar-refractivity contribution is 0.202. The number of aromatic nitrogens is 1. The monoisotopic (exact) mass is 279 g/mol. The van der Waals surface area contributed by atoms with Gasteiger partial charge in [0, 0.05) is 31.6 Å². The van der Waals surface area contributed by atoms with Crippen LogP contribution in [0.1, 0.15) is 25.5 Å². The molecule has 0 aliphatic heterocycles. The summed E-state index contributed by atoms with van der Waals surface area (Å²) in [4.78, 5) is 6.90. The molecule has 2 rings (SSSR count). The van der Waals surface area contributed by atoms with Crippen molar-refractivity contribution in [3.05, 3.63) is 24.0 Å². The van der Waals surface area contributed by atoms with E-state index in [-0.39, 0.29) is 0 Å². The molecule has 0 radical (unpaired) electrons. The van der Waals surface area contributed by atoms with Crippen molar-refractivity contribution < 1.29 is 4.74 Å². The Labute approximate surface area is 120 Å². The number of thiocarbonyl (C=S) groups is 1. The summed E-state index contributed by atoms with van der Waals surface area (Å²) in [6, 6.07) is 4.49. The van der Waals surface area contributed by atoms with E-state index in [1.165, 1.54) is 12.8 Å². The Bertz CT molecular complexity index is 448. The summed E-state index contributed by atoms with van der Waals surface area (Å²) >= 11 is 5.00. The minimum Gasteiger partial charge on any atom is -0.388 e. The van der Waals surface area contributed by atoms with Crippen LogP contribution in [-0.4, -0.2) is 36.3 Å². The molecule has 0 spiro atoms. The van der Waals surface area contributed by atoms with E-state index in [4.69, 9.17) is 22.7 Å². The highest BCUT2D eigenvalue weighted by molar-refractivity contribution is 7.80. The predicted molar refractivity (Wildman–Crippen MR) is 81.5 cm³/mol. The molecule has 104 valence electrons. The van der Waals surface area contributed by atoms with Gasteiger partial charge in [-0.15, -0.1) is 0 Å². The van der Waals surface area contributed by atoms with Gasteiger partial charge in [0.25, 0.3) is 0 Å². The number of nitrogens with two attached hydrogens (primary N) is 1. The first kappa shape index (κ1) is 14.2. The lowest BCUT2D eigenvalue weighted by Gasteiger charge is -2.31. The van der Waals surface area contributed by atoms with E-state index in [0.29, 0.717) is 23.3 Å². The molecule has 1 aliphatic rings. The summed E-state index contributed by atoms with van der Waals surface area (Å²) in [5, 5.41) is 0. The maximum atomic E-state index is 5.66. The molecule has 0 aromatic carbocycles. The lowest BCUT2D eigenvalue weighted by Crippen LogP contribution is -2.37. The van der Waals surface area contributed by atoms with Crippen molar-refractivity contribution >= 4 is 22.9 Å². The van der Waals surface area contributed by atoms with Gasteiger partial charge >= 0.3 is 0 Å². The van der Waals surface area contributed by atoms with Crippen LogP contribution in [0.2, 0.25) is 0 Å². The molecule has 1 atom stereocenters. The van der Waals surface area contributed by atoms with Crippen molar-refractivity contribution in [1.29, 1.82) is 0 Å². The average Bonchev–Trinajstić information content (AvgIpc) is 3.23. The van der Waals surface area contributed by atoms with Crippen molar-refractivity contribution in [2.45, 2.75) is 25.8 Å². The van der Waals surface area contributed by atoms with Gasteiger partial charge in [-0.1, -0.05) is 12.2 Å². The molecule has 0 bridgehead atoms. The fraction of sp³-hybridized carbons (Fsp3) is 0.571. The van der Waals surface area contributed by atoms with Crippen LogP contribution in [0.5, 0.6) is 0 Å².